The van der Waals surface area contributed by atoms with E-state index < -0.39 is 5.82 Å². The minimum atomic E-state index is -0.517. The third-order valence-corrected chi connectivity index (χ3v) is 3.14. The number of anilines is 2. The van der Waals surface area contributed by atoms with Crippen LogP contribution in [0.1, 0.15) is 5.56 Å². The molecule has 1 aromatic carbocycles. The molecule has 0 aliphatic heterocycles. The molecular weight excluding hydrogens is 308 g/mol. The Kier molecular flexibility index (Phi) is 4.19. The van der Waals surface area contributed by atoms with Crippen molar-refractivity contribution in [2.24, 2.45) is 5.73 Å². The Morgan fingerprint density at radius 3 is 2.53 bits per heavy atom. The molecular formula is C12H8Cl2FN3S. The molecule has 0 aliphatic carbocycles. The van der Waals surface area contributed by atoms with Crippen molar-refractivity contribution in [3.63, 3.8) is 0 Å². The largest absolute Gasteiger partial charge is 0.389 e. The highest BCUT2D eigenvalue weighted by Crippen LogP contribution is 2.33. The first-order valence-corrected chi connectivity index (χ1v) is 6.32. The molecule has 3 nitrogen and oxygen atoms in total. The Hall–Kier alpha value is -1.43. The van der Waals surface area contributed by atoms with Gasteiger partial charge in [0.1, 0.15) is 16.6 Å². The van der Waals surface area contributed by atoms with Crippen LogP contribution < -0.4 is 11.1 Å². The van der Waals surface area contributed by atoms with Crippen molar-refractivity contribution in [1.29, 1.82) is 0 Å². The van der Waals surface area contributed by atoms with Crippen LogP contribution in [0.15, 0.2) is 30.5 Å². The number of nitrogens with one attached hydrogen (secondary N) is 1. The third-order valence-electron chi connectivity index (χ3n) is 2.32. The lowest BCUT2D eigenvalue weighted by Gasteiger charge is -2.12. The van der Waals surface area contributed by atoms with Crippen molar-refractivity contribution in [3.05, 3.63) is 51.9 Å². The average Bonchev–Trinajstić information content (AvgIpc) is 2.34. The monoisotopic (exact) mass is 315 g/mol. The van der Waals surface area contributed by atoms with E-state index in [1.54, 1.807) is 18.3 Å². The zero-order chi connectivity index (χ0) is 14.0. The van der Waals surface area contributed by atoms with E-state index in [1.165, 1.54) is 0 Å². The molecule has 19 heavy (non-hydrogen) atoms. The van der Waals surface area contributed by atoms with Gasteiger partial charge in [0.05, 0.1) is 21.3 Å². The molecule has 0 saturated heterocycles. The van der Waals surface area contributed by atoms with Crippen molar-refractivity contribution >= 4 is 51.9 Å². The van der Waals surface area contributed by atoms with Crippen LogP contribution in [-0.2, 0) is 0 Å². The molecule has 0 radical (unpaired) electrons. The number of thiocarbonyl (C=S) groups is 1. The number of aromatic nitrogens is 1. The molecule has 0 aliphatic rings. The van der Waals surface area contributed by atoms with E-state index in [4.69, 9.17) is 41.2 Å². The fourth-order valence-corrected chi connectivity index (χ4v) is 2.20. The molecule has 1 heterocycles. The standard InChI is InChI=1S/C12H8Cl2FN3S/c13-8-4-6(15)5-9(14)10(8)18-12-7(11(16)19)2-1-3-17-12/h1-5H,(H2,16,19)(H,17,18). The molecule has 2 rings (SSSR count). The molecule has 98 valence electrons. The second kappa shape index (κ2) is 5.69. The van der Waals surface area contributed by atoms with Crippen LogP contribution in [0.25, 0.3) is 0 Å². The lowest BCUT2D eigenvalue weighted by Crippen LogP contribution is -2.13. The molecule has 0 fully saturated rings. The summed E-state index contributed by atoms with van der Waals surface area (Å²) in [6.07, 6.45) is 1.56. The van der Waals surface area contributed by atoms with Crippen LogP contribution in [0.3, 0.4) is 0 Å². The van der Waals surface area contributed by atoms with Crippen molar-refractivity contribution in [3.8, 4) is 0 Å². The summed E-state index contributed by atoms with van der Waals surface area (Å²) in [7, 11) is 0. The maximum absolute atomic E-state index is 13.1. The van der Waals surface area contributed by atoms with Gasteiger partial charge in [-0.3, -0.25) is 0 Å². The smallest absolute Gasteiger partial charge is 0.140 e. The minimum absolute atomic E-state index is 0.143. The van der Waals surface area contributed by atoms with Crippen LogP contribution in [0.5, 0.6) is 0 Å². The number of benzene rings is 1. The van der Waals surface area contributed by atoms with Crippen molar-refractivity contribution < 1.29 is 4.39 Å². The average molecular weight is 316 g/mol. The molecule has 0 unspecified atom stereocenters. The minimum Gasteiger partial charge on any atom is -0.389 e. The van der Waals surface area contributed by atoms with Crippen molar-refractivity contribution in [1.82, 2.24) is 4.98 Å². The van der Waals surface area contributed by atoms with E-state index in [-0.39, 0.29) is 15.0 Å². The SMILES string of the molecule is NC(=S)c1cccnc1Nc1c(Cl)cc(F)cc1Cl. The van der Waals surface area contributed by atoms with Gasteiger partial charge in [0, 0.05) is 6.20 Å². The van der Waals surface area contributed by atoms with E-state index in [0.717, 1.165) is 12.1 Å². The van der Waals surface area contributed by atoms with Gasteiger partial charge in [-0.05, 0) is 24.3 Å². The Morgan fingerprint density at radius 2 is 1.95 bits per heavy atom. The molecule has 2 aromatic rings. The molecule has 7 heteroatoms. The van der Waals surface area contributed by atoms with E-state index in [9.17, 15) is 4.39 Å². The summed E-state index contributed by atoms with van der Waals surface area (Å²) in [6.45, 7) is 0. The lowest BCUT2D eigenvalue weighted by atomic mass is 10.2. The topological polar surface area (TPSA) is 50.9 Å². The zero-order valence-corrected chi connectivity index (χ0v) is 11.8. The fraction of sp³-hybridized carbons (Fsp3) is 0. The van der Waals surface area contributed by atoms with Gasteiger partial charge in [-0.1, -0.05) is 35.4 Å². The van der Waals surface area contributed by atoms with Crippen molar-refractivity contribution in [2.75, 3.05) is 5.32 Å². The number of hydrogen-bond donors (Lipinski definition) is 2. The first-order chi connectivity index (χ1) is 8.99. The molecule has 0 bridgehead atoms. The lowest BCUT2D eigenvalue weighted by molar-refractivity contribution is 0.628. The van der Waals surface area contributed by atoms with Gasteiger partial charge < -0.3 is 11.1 Å². The van der Waals surface area contributed by atoms with Gasteiger partial charge in [-0.25, -0.2) is 9.37 Å². The first kappa shape index (κ1) is 14.0. The summed E-state index contributed by atoms with van der Waals surface area (Å²) >= 11 is 16.8. The number of nitrogens with two attached hydrogens (primary N) is 1. The zero-order valence-electron chi connectivity index (χ0n) is 9.45. The molecule has 3 N–H and O–H groups in total. The predicted octanol–water partition coefficient (Wildman–Crippen LogP) is 3.91. The summed E-state index contributed by atoms with van der Waals surface area (Å²) in [6, 6.07) is 5.72. The summed E-state index contributed by atoms with van der Waals surface area (Å²) < 4.78 is 13.1. The summed E-state index contributed by atoms with van der Waals surface area (Å²) in [5.74, 6) is -0.110. The van der Waals surface area contributed by atoms with E-state index in [0.29, 0.717) is 17.1 Å². The quantitative estimate of drug-likeness (QED) is 0.843. The van der Waals surface area contributed by atoms with Crippen LogP contribution in [0.2, 0.25) is 10.0 Å². The number of rotatable bonds is 3. The van der Waals surface area contributed by atoms with Crippen molar-refractivity contribution in [2.45, 2.75) is 0 Å². The highest BCUT2D eigenvalue weighted by atomic mass is 35.5. The fourth-order valence-electron chi connectivity index (χ4n) is 1.48. The molecule has 1 aromatic heterocycles. The maximum Gasteiger partial charge on any atom is 0.140 e. The van der Waals surface area contributed by atoms with Gasteiger partial charge >= 0.3 is 0 Å². The van der Waals surface area contributed by atoms with Crippen LogP contribution in [0.4, 0.5) is 15.9 Å². The Bertz CT molecular complexity index is 626. The number of halogens is 3. The summed E-state index contributed by atoms with van der Waals surface area (Å²) in [5, 5.41) is 3.19. The Labute approximate surface area is 124 Å². The second-order valence-corrected chi connectivity index (χ2v) is 4.89. The van der Waals surface area contributed by atoms with Crippen LogP contribution in [-0.4, -0.2) is 9.97 Å². The Balaban J connectivity index is 2.45. The Morgan fingerprint density at radius 1 is 1.32 bits per heavy atom. The molecule has 0 saturated carbocycles. The molecule has 0 spiro atoms. The van der Waals surface area contributed by atoms with E-state index in [2.05, 4.69) is 10.3 Å². The number of pyridine rings is 1. The van der Waals surface area contributed by atoms with E-state index >= 15 is 0 Å². The second-order valence-electron chi connectivity index (χ2n) is 3.63. The predicted molar refractivity (Wildman–Crippen MR) is 79.8 cm³/mol. The summed E-state index contributed by atoms with van der Waals surface area (Å²) in [4.78, 5) is 4.30. The normalized spacial score (nSPS) is 10.3. The summed E-state index contributed by atoms with van der Waals surface area (Å²) in [5.41, 5.74) is 6.49. The molecule has 0 atom stereocenters. The van der Waals surface area contributed by atoms with Gasteiger partial charge in [0.25, 0.3) is 0 Å². The van der Waals surface area contributed by atoms with E-state index in [1.807, 2.05) is 0 Å². The third kappa shape index (κ3) is 3.12. The molecule has 0 amide bonds. The van der Waals surface area contributed by atoms with Gasteiger partial charge in [-0.2, -0.15) is 0 Å². The first-order valence-electron chi connectivity index (χ1n) is 5.15. The maximum atomic E-state index is 13.1. The highest BCUT2D eigenvalue weighted by molar-refractivity contribution is 7.80. The van der Waals surface area contributed by atoms with Gasteiger partial charge in [-0.15, -0.1) is 0 Å². The number of nitrogens with zero attached hydrogens (tertiary/aromatic N) is 1. The number of hydrogen-bond acceptors (Lipinski definition) is 3. The van der Waals surface area contributed by atoms with Gasteiger partial charge in [0.15, 0.2) is 0 Å². The van der Waals surface area contributed by atoms with Crippen LogP contribution >= 0.6 is 35.4 Å². The van der Waals surface area contributed by atoms with Crippen LogP contribution in [0, 0.1) is 5.82 Å². The van der Waals surface area contributed by atoms with Gasteiger partial charge in [0.2, 0.25) is 0 Å². The highest BCUT2D eigenvalue weighted by Gasteiger charge is 2.12.